The van der Waals surface area contributed by atoms with Crippen molar-refractivity contribution in [2.45, 2.75) is 12.8 Å². The van der Waals surface area contributed by atoms with E-state index in [2.05, 4.69) is 78.8 Å². The molecule has 2 aliphatic heterocycles. The van der Waals surface area contributed by atoms with E-state index in [9.17, 15) is 0 Å². The Labute approximate surface area is 216 Å². The SMILES string of the molecule is C=NC1=C(C(NCCOCCNC)=C2C=NCN=C2)CCN1c1ccc(CCN(C)CCNC)cc1. The molecule has 0 aromatic heterocycles. The second-order valence-electron chi connectivity index (χ2n) is 8.92. The van der Waals surface area contributed by atoms with Gasteiger partial charge in [-0.05, 0) is 58.4 Å². The maximum absolute atomic E-state index is 5.70. The van der Waals surface area contributed by atoms with Crippen LogP contribution in [0.1, 0.15) is 12.0 Å². The Hall–Kier alpha value is -2.85. The molecule has 9 nitrogen and oxygen atoms in total. The predicted octanol–water partition coefficient (Wildman–Crippen LogP) is 1.70. The van der Waals surface area contributed by atoms with Crippen LogP contribution in [0.2, 0.25) is 0 Å². The Balaban J connectivity index is 1.72. The van der Waals surface area contributed by atoms with Crippen LogP contribution in [-0.4, -0.2) is 104 Å². The lowest BCUT2D eigenvalue weighted by Crippen LogP contribution is -2.29. The van der Waals surface area contributed by atoms with Gasteiger partial charge in [-0.1, -0.05) is 12.1 Å². The highest BCUT2D eigenvalue weighted by atomic mass is 16.5. The van der Waals surface area contributed by atoms with Crippen LogP contribution in [0.3, 0.4) is 0 Å². The zero-order chi connectivity index (χ0) is 25.6. The topological polar surface area (TPSA) is 88.9 Å². The first-order chi connectivity index (χ1) is 17.7. The molecule has 3 rings (SSSR count). The van der Waals surface area contributed by atoms with Crippen molar-refractivity contribution in [2.75, 3.05) is 85.2 Å². The highest BCUT2D eigenvalue weighted by molar-refractivity contribution is 6.06. The molecule has 0 spiro atoms. The van der Waals surface area contributed by atoms with Crippen molar-refractivity contribution in [1.29, 1.82) is 0 Å². The molecule has 0 saturated heterocycles. The molecule has 1 aromatic rings. The van der Waals surface area contributed by atoms with Gasteiger partial charge in [0.1, 0.15) is 12.5 Å². The van der Waals surface area contributed by atoms with Crippen molar-refractivity contribution >= 4 is 24.8 Å². The first kappa shape index (κ1) is 27.7. The fraction of sp³-hybridized carbons (Fsp3) is 0.519. The number of benzene rings is 1. The van der Waals surface area contributed by atoms with Crippen molar-refractivity contribution in [1.82, 2.24) is 20.9 Å². The van der Waals surface area contributed by atoms with E-state index < -0.39 is 0 Å². The lowest BCUT2D eigenvalue weighted by molar-refractivity contribution is 0.141. The van der Waals surface area contributed by atoms with Gasteiger partial charge in [-0.25, -0.2) is 4.99 Å². The number of rotatable bonds is 16. The molecule has 0 aliphatic carbocycles. The number of allylic oxidation sites excluding steroid dienone is 2. The third kappa shape index (κ3) is 8.09. The first-order valence-corrected chi connectivity index (χ1v) is 12.8. The summed E-state index contributed by atoms with van der Waals surface area (Å²) in [5.74, 6) is 0.882. The van der Waals surface area contributed by atoms with E-state index >= 15 is 0 Å². The molecule has 0 bridgehead atoms. The van der Waals surface area contributed by atoms with Crippen LogP contribution in [-0.2, 0) is 11.2 Å². The molecule has 0 unspecified atom stereocenters. The average molecular weight is 495 g/mol. The van der Waals surface area contributed by atoms with E-state index in [1.54, 1.807) is 0 Å². The number of aliphatic imine (C=N–C) groups is 3. The normalized spacial score (nSPS) is 15.3. The minimum absolute atomic E-state index is 0.472. The third-order valence-corrected chi connectivity index (χ3v) is 6.29. The lowest BCUT2D eigenvalue weighted by atomic mass is 10.1. The monoisotopic (exact) mass is 494 g/mol. The molecule has 3 N–H and O–H groups in total. The zero-order valence-electron chi connectivity index (χ0n) is 22.1. The Bertz CT molecular complexity index is 937. The van der Waals surface area contributed by atoms with E-state index in [0.717, 1.165) is 73.9 Å². The average Bonchev–Trinajstić information content (AvgIpc) is 3.34. The van der Waals surface area contributed by atoms with E-state index in [4.69, 9.17) is 4.74 Å². The minimum Gasteiger partial charge on any atom is -0.382 e. The highest BCUT2D eigenvalue weighted by Gasteiger charge is 2.27. The number of hydrogen-bond donors (Lipinski definition) is 3. The van der Waals surface area contributed by atoms with E-state index in [1.165, 1.54) is 5.56 Å². The van der Waals surface area contributed by atoms with Crippen LogP contribution in [0.15, 0.2) is 61.9 Å². The van der Waals surface area contributed by atoms with Crippen LogP contribution in [0, 0.1) is 0 Å². The molecular formula is C27H42N8O. The predicted molar refractivity (Wildman–Crippen MR) is 152 cm³/mol. The van der Waals surface area contributed by atoms with Crippen molar-refractivity contribution in [3.05, 3.63) is 52.5 Å². The molecule has 0 amide bonds. The van der Waals surface area contributed by atoms with E-state index in [0.29, 0.717) is 26.4 Å². The molecule has 0 radical (unpaired) electrons. The molecule has 0 atom stereocenters. The maximum Gasteiger partial charge on any atom is 0.137 e. The second kappa shape index (κ2) is 15.3. The molecule has 2 heterocycles. The Kier molecular flexibility index (Phi) is 11.8. The third-order valence-electron chi connectivity index (χ3n) is 6.29. The van der Waals surface area contributed by atoms with Crippen molar-refractivity contribution in [3.63, 3.8) is 0 Å². The maximum atomic E-state index is 5.70. The van der Waals surface area contributed by atoms with E-state index in [1.807, 2.05) is 26.5 Å². The largest absolute Gasteiger partial charge is 0.382 e. The Morgan fingerprint density at radius 2 is 1.78 bits per heavy atom. The molecule has 196 valence electrons. The number of nitrogens with zero attached hydrogens (tertiary/aromatic N) is 5. The second-order valence-corrected chi connectivity index (χ2v) is 8.92. The summed E-state index contributed by atoms with van der Waals surface area (Å²) in [7, 11) is 6.08. The van der Waals surface area contributed by atoms with Crippen LogP contribution >= 0.6 is 0 Å². The highest BCUT2D eigenvalue weighted by Crippen LogP contribution is 2.33. The van der Waals surface area contributed by atoms with Gasteiger partial charge in [0.05, 0.1) is 18.9 Å². The number of likely N-dealkylation sites (N-methyl/N-ethyl adjacent to an activating group) is 3. The molecule has 0 saturated carbocycles. The summed E-state index contributed by atoms with van der Waals surface area (Å²) < 4.78 is 5.70. The summed E-state index contributed by atoms with van der Waals surface area (Å²) in [5, 5.41) is 9.86. The van der Waals surface area contributed by atoms with Gasteiger partial charge in [0.25, 0.3) is 0 Å². The van der Waals surface area contributed by atoms with Crippen LogP contribution in [0.5, 0.6) is 0 Å². The molecule has 2 aliphatic rings. The fourth-order valence-electron chi connectivity index (χ4n) is 4.25. The summed E-state index contributed by atoms with van der Waals surface area (Å²) >= 11 is 0. The van der Waals surface area contributed by atoms with Gasteiger partial charge in [-0.2, -0.15) is 0 Å². The summed E-state index contributed by atoms with van der Waals surface area (Å²) in [6.45, 7) is 11.2. The van der Waals surface area contributed by atoms with Crippen LogP contribution in [0.4, 0.5) is 5.69 Å². The van der Waals surface area contributed by atoms with Crippen molar-refractivity contribution in [2.24, 2.45) is 15.0 Å². The van der Waals surface area contributed by atoms with Gasteiger partial charge in [-0.15, -0.1) is 0 Å². The number of anilines is 1. The lowest BCUT2D eigenvalue weighted by Gasteiger charge is -2.21. The summed E-state index contributed by atoms with van der Waals surface area (Å²) in [6, 6.07) is 8.83. The Morgan fingerprint density at radius 1 is 1.06 bits per heavy atom. The van der Waals surface area contributed by atoms with E-state index in [-0.39, 0.29) is 0 Å². The standard InChI is InChI=1S/C27H42N8O/c1-28-11-16-34(4)14-9-22-5-7-24(8-6-22)35-15-10-25(27(35)30-3)26(23-19-31-21-32-20-23)33-13-18-36-17-12-29-2/h5-8,19-20,28-29,33H,3,9-18,21H2,1-2,4H3. The number of hydrogen-bond acceptors (Lipinski definition) is 9. The summed E-state index contributed by atoms with van der Waals surface area (Å²) in [6.07, 6.45) is 5.66. The number of ether oxygens (including phenoxy) is 1. The summed E-state index contributed by atoms with van der Waals surface area (Å²) in [4.78, 5) is 17.8. The van der Waals surface area contributed by atoms with Crippen molar-refractivity contribution < 1.29 is 4.74 Å². The van der Waals surface area contributed by atoms with Crippen LogP contribution < -0.4 is 20.9 Å². The minimum atomic E-state index is 0.472. The number of nitrogens with one attached hydrogen (secondary N) is 3. The van der Waals surface area contributed by atoms with Crippen LogP contribution in [0.25, 0.3) is 0 Å². The van der Waals surface area contributed by atoms with Gasteiger partial charge >= 0.3 is 0 Å². The van der Waals surface area contributed by atoms with Gasteiger partial charge in [0.2, 0.25) is 0 Å². The summed E-state index contributed by atoms with van der Waals surface area (Å²) in [5.41, 5.74) is 5.57. The quantitative estimate of drug-likeness (QED) is 0.239. The van der Waals surface area contributed by atoms with Gasteiger partial charge in [0.15, 0.2) is 0 Å². The molecule has 1 aromatic carbocycles. The molecular weight excluding hydrogens is 452 g/mol. The van der Waals surface area contributed by atoms with Crippen molar-refractivity contribution in [3.8, 4) is 0 Å². The molecule has 0 fully saturated rings. The smallest absolute Gasteiger partial charge is 0.137 e. The van der Waals surface area contributed by atoms with Gasteiger partial charge < -0.3 is 30.5 Å². The fourth-order valence-corrected chi connectivity index (χ4v) is 4.25. The van der Waals surface area contributed by atoms with Gasteiger partial charge in [-0.3, -0.25) is 9.98 Å². The van der Waals surface area contributed by atoms with Gasteiger partial charge in [0, 0.05) is 68.5 Å². The zero-order valence-corrected chi connectivity index (χ0v) is 22.1. The Morgan fingerprint density at radius 3 is 2.47 bits per heavy atom. The molecule has 36 heavy (non-hydrogen) atoms. The molecule has 9 heteroatoms. The first-order valence-electron chi connectivity index (χ1n) is 12.8.